The van der Waals surface area contributed by atoms with Crippen molar-refractivity contribution in [3.63, 3.8) is 0 Å². The third kappa shape index (κ3) is 3.88. The van der Waals surface area contributed by atoms with Crippen LogP contribution in [-0.4, -0.2) is 22.3 Å². The van der Waals surface area contributed by atoms with Gasteiger partial charge in [-0.05, 0) is 49.2 Å². The van der Waals surface area contributed by atoms with Gasteiger partial charge in [-0.15, -0.1) is 10.2 Å². The summed E-state index contributed by atoms with van der Waals surface area (Å²) in [7, 11) is 0. The monoisotopic (exact) mass is 287 g/mol. The van der Waals surface area contributed by atoms with Gasteiger partial charge in [0.1, 0.15) is 5.82 Å². The molecule has 108 valence electrons. The van der Waals surface area contributed by atoms with Crippen molar-refractivity contribution in [3.8, 4) is 0 Å². The number of nitrogens with one attached hydrogen (secondary N) is 3. The Labute approximate surface area is 120 Å². The summed E-state index contributed by atoms with van der Waals surface area (Å²) < 4.78 is 12.8. The van der Waals surface area contributed by atoms with Crippen molar-refractivity contribution < 1.29 is 9.18 Å². The largest absolute Gasteiger partial charge is 0.339 e. The highest BCUT2D eigenvalue weighted by molar-refractivity contribution is 5.88. The van der Waals surface area contributed by atoms with Gasteiger partial charge >= 0.3 is 6.03 Å². The first-order chi connectivity index (χ1) is 10.2. The van der Waals surface area contributed by atoms with E-state index < -0.39 is 0 Å². The van der Waals surface area contributed by atoms with Crippen molar-refractivity contribution in [3.05, 3.63) is 42.2 Å². The molecule has 2 aromatic rings. The molecule has 21 heavy (non-hydrogen) atoms. The molecule has 0 spiro atoms. The molecular weight excluding hydrogens is 273 g/mol. The van der Waals surface area contributed by atoms with Crippen LogP contribution in [0.1, 0.15) is 12.8 Å². The molecule has 1 aliphatic carbocycles. The lowest BCUT2D eigenvalue weighted by atomic mass is 10.3. The number of amides is 2. The summed E-state index contributed by atoms with van der Waals surface area (Å²) in [5.74, 6) is 0.584. The molecule has 1 aromatic carbocycles. The van der Waals surface area contributed by atoms with Gasteiger partial charge in [0.15, 0.2) is 11.6 Å². The summed E-state index contributed by atoms with van der Waals surface area (Å²) in [6.07, 6.45) is 2.05. The highest BCUT2D eigenvalue weighted by atomic mass is 19.1. The molecule has 1 heterocycles. The SMILES string of the molecule is O=C(Nc1ccc(Nc2ccc(F)cc2)nn1)NC1CC1. The maximum absolute atomic E-state index is 12.8. The van der Waals surface area contributed by atoms with Crippen LogP contribution in [0.5, 0.6) is 0 Å². The Morgan fingerprint density at radius 1 is 1.05 bits per heavy atom. The number of carbonyl (C=O) groups is 1. The Morgan fingerprint density at radius 2 is 1.71 bits per heavy atom. The minimum Gasteiger partial charge on any atom is -0.339 e. The Balaban J connectivity index is 1.58. The van der Waals surface area contributed by atoms with Crippen LogP contribution in [0.4, 0.5) is 26.5 Å². The molecule has 1 aliphatic rings. The molecule has 0 atom stereocenters. The third-order valence-electron chi connectivity index (χ3n) is 2.94. The second-order valence-corrected chi connectivity index (χ2v) is 4.81. The Bertz CT molecular complexity index is 625. The van der Waals surface area contributed by atoms with Gasteiger partial charge in [0, 0.05) is 11.7 Å². The predicted molar refractivity (Wildman–Crippen MR) is 76.9 cm³/mol. The number of hydrogen-bond donors (Lipinski definition) is 3. The maximum Gasteiger partial charge on any atom is 0.320 e. The molecule has 6 nitrogen and oxygen atoms in total. The van der Waals surface area contributed by atoms with Crippen molar-refractivity contribution in [2.75, 3.05) is 10.6 Å². The van der Waals surface area contributed by atoms with Crippen LogP contribution in [0.15, 0.2) is 36.4 Å². The van der Waals surface area contributed by atoms with E-state index in [0.29, 0.717) is 17.3 Å². The van der Waals surface area contributed by atoms with Gasteiger partial charge in [0.25, 0.3) is 0 Å². The van der Waals surface area contributed by atoms with Crippen LogP contribution in [0.3, 0.4) is 0 Å². The summed E-state index contributed by atoms with van der Waals surface area (Å²) in [5, 5.41) is 16.2. The van der Waals surface area contributed by atoms with E-state index in [9.17, 15) is 9.18 Å². The summed E-state index contributed by atoms with van der Waals surface area (Å²) in [6, 6.07) is 9.26. The molecule has 0 unspecified atom stereocenters. The molecule has 3 N–H and O–H groups in total. The van der Waals surface area contributed by atoms with Gasteiger partial charge in [-0.25, -0.2) is 9.18 Å². The quantitative estimate of drug-likeness (QED) is 0.807. The van der Waals surface area contributed by atoms with Crippen LogP contribution in [0, 0.1) is 5.82 Å². The van der Waals surface area contributed by atoms with Crippen LogP contribution in [-0.2, 0) is 0 Å². The van der Waals surface area contributed by atoms with Gasteiger partial charge in [-0.1, -0.05) is 0 Å². The summed E-state index contributed by atoms with van der Waals surface area (Å²) in [4.78, 5) is 11.5. The van der Waals surface area contributed by atoms with Gasteiger partial charge < -0.3 is 10.6 Å². The highest BCUT2D eigenvalue weighted by Gasteiger charge is 2.23. The topological polar surface area (TPSA) is 78.9 Å². The average Bonchev–Trinajstić information content (AvgIpc) is 3.27. The van der Waals surface area contributed by atoms with Crippen molar-refractivity contribution in [1.82, 2.24) is 15.5 Å². The minimum absolute atomic E-state index is 0.272. The van der Waals surface area contributed by atoms with E-state index in [1.165, 1.54) is 12.1 Å². The number of rotatable bonds is 4. The summed E-state index contributed by atoms with van der Waals surface area (Å²) in [5.41, 5.74) is 0.706. The van der Waals surface area contributed by atoms with Gasteiger partial charge in [0.2, 0.25) is 0 Å². The number of aromatic nitrogens is 2. The number of halogens is 1. The Kier molecular flexibility index (Phi) is 3.63. The second kappa shape index (κ2) is 5.74. The summed E-state index contributed by atoms with van der Waals surface area (Å²) in [6.45, 7) is 0. The smallest absolute Gasteiger partial charge is 0.320 e. The van der Waals surface area contributed by atoms with Crippen LogP contribution >= 0.6 is 0 Å². The lowest BCUT2D eigenvalue weighted by molar-refractivity contribution is 0.251. The first kappa shape index (κ1) is 13.3. The summed E-state index contributed by atoms with van der Waals surface area (Å²) >= 11 is 0. The fraction of sp³-hybridized carbons (Fsp3) is 0.214. The standard InChI is InChI=1S/C14H14FN5O/c15-9-1-3-10(4-2-9)16-12-7-8-13(20-19-12)18-14(21)17-11-5-6-11/h1-4,7-8,11H,5-6H2,(H,16,19)(H2,17,18,20,21). The lowest BCUT2D eigenvalue weighted by Gasteiger charge is -2.07. The average molecular weight is 287 g/mol. The van der Waals surface area contributed by atoms with Crippen molar-refractivity contribution in [2.45, 2.75) is 18.9 Å². The van der Waals surface area contributed by atoms with Crippen molar-refractivity contribution >= 4 is 23.4 Å². The van der Waals surface area contributed by atoms with E-state index >= 15 is 0 Å². The zero-order valence-electron chi connectivity index (χ0n) is 11.1. The van der Waals surface area contributed by atoms with Crippen LogP contribution < -0.4 is 16.0 Å². The molecule has 0 saturated heterocycles. The highest BCUT2D eigenvalue weighted by Crippen LogP contribution is 2.19. The minimum atomic E-state index is -0.298. The van der Waals surface area contributed by atoms with E-state index in [1.807, 2.05) is 0 Å². The van der Waals surface area contributed by atoms with Crippen LogP contribution in [0.25, 0.3) is 0 Å². The number of nitrogens with zero attached hydrogens (tertiary/aromatic N) is 2. The molecule has 3 rings (SSSR count). The first-order valence-electron chi connectivity index (χ1n) is 6.63. The zero-order valence-corrected chi connectivity index (χ0v) is 11.1. The van der Waals surface area contributed by atoms with Gasteiger partial charge in [-0.2, -0.15) is 0 Å². The van der Waals surface area contributed by atoms with E-state index in [0.717, 1.165) is 12.8 Å². The molecule has 0 aliphatic heterocycles. The Morgan fingerprint density at radius 3 is 2.33 bits per heavy atom. The fourth-order valence-electron chi connectivity index (χ4n) is 1.71. The third-order valence-corrected chi connectivity index (χ3v) is 2.94. The van der Waals surface area contributed by atoms with Gasteiger partial charge in [0.05, 0.1) is 0 Å². The van der Waals surface area contributed by atoms with E-state index in [-0.39, 0.29) is 17.9 Å². The van der Waals surface area contributed by atoms with Crippen LogP contribution in [0.2, 0.25) is 0 Å². The molecule has 0 radical (unpaired) electrons. The number of anilines is 3. The predicted octanol–water partition coefficient (Wildman–Crippen LogP) is 2.64. The van der Waals surface area contributed by atoms with E-state index in [4.69, 9.17) is 0 Å². The molecule has 2 amide bonds. The maximum atomic E-state index is 12.8. The molecule has 1 saturated carbocycles. The number of carbonyl (C=O) groups excluding carboxylic acids is 1. The molecule has 1 fully saturated rings. The normalized spacial score (nSPS) is 13.6. The second-order valence-electron chi connectivity index (χ2n) is 4.81. The fourth-order valence-corrected chi connectivity index (χ4v) is 1.71. The molecular formula is C14H14FN5O. The molecule has 7 heteroatoms. The first-order valence-corrected chi connectivity index (χ1v) is 6.63. The Hall–Kier alpha value is -2.70. The van der Waals surface area contributed by atoms with E-state index in [2.05, 4.69) is 26.1 Å². The number of hydrogen-bond acceptors (Lipinski definition) is 4. The zero-order chi connectivity index (χ0) is 14.7. The van der Waals surface area contributed by atoms with Crippen molar-refractivity contribution in [2.24, 2.45) is 0 Å². The van der Waals surface area contributed by atoms with E-state index in [1.54, 1.807) is 24.3 Å². The lowest BCUT2D eigenvalue weighted by Crippen LogP contribution is -2.30. The van der Waals surface area contributed by atoms with Crippen molar-refractivity contribution in [1.29, 1.82) is 0 Å². The molecule has 0 bridgehead atoms. The number of urea groups is 1. The van der Waals surface area contributed by atoms with Gasteiger partial charge in [-0.3, -0.25) is 5.32 Å². The number of benzene rings is 1. The molecule has 1 aromatic heterocycles.